The second kappa shape index (κ2) is 4.39. The minimum Gasteiger partial charge on any atom is -0.481 e. The summed E-state index contributed by atoms with van der Waals surface area (Å²) in [6, 6.07) is 0. The van der Waals surface area contributed by atoms with E-state index in [4.69, 9.17) is 19.7 Å². The van der Waals surface area contributed by atoms with Crippen molar-refractivity contribution in [3.63, 3.8) is 0 Å². The second-order valence-corrected chi connectivity index (χ2v) is 2.63. The SMILES string of the molecule is O=C(O)CC1COC(CCO)O1. The number of rotatable bonds is 4. The fourth-order valence-electron chi connectivity index (χ4n) is 1.07. The Morgan fingerprint density at radius 1 is 1.58 bits per heavy atom. The molecule has 5 heteroatoms. The summed E-state index contributed by atoms with van der Waals surface area (Å²) in [5.41, 5.74) is 0. The van der Waals surface area contributed by atoms with Crippen LogP contribution in [0.3, 0.4) is 0 Å². The van der Waals surface area contributed by atoms with Gasteiger partial charge < -0.3 is 19.7 Å². The topological polar surface area (TPSA) is 76.0 Å². The summed E-state index contributed by atoms with van der Waals surface area (Å²) in [6.45, 7) is 0.293. The number of ether oxygens (including phenoxy) is 2. The van der Waals surface area contributed by atoms with Crippen LogP contribution in [0.1, 0.15) is 12.8 Å². The van der Waals surface area contributed by atoms with Crippen LogP contribution in [0.25, 0.3) is 0 Å². The highest BCUT2D eigenvalue weighted by Crippen LogP contribution is 2.16. The Bertz CT molecular complexity index is 158. The molecule has 0 aromatic rings. The zero-order chi connectivity index (χ0) is 8.97. The molecule has 1 heterocycles. The van der Waals surface area contributed by atoms with E-state index in [0.717, 1.165) is 0 Å². The van der Waals surface area contributed by atoms with Gasteiger partial charge in [0.25, 0.3) is 0 Å². The highest BCUT2D eigenvalue weighted by atomic mass is 16.7. The van der Waals surface area contributed by atoms with Gasteiger partial charge in [0.15, 0.2) is 6.29 Å². The molecule has 0 amide bonds. The maximum atomic E-state index is 10.2. The molecule has 0 spiro atoms. The summed E-state index contributed by atoms with van der Waals surface area (Å²) in [6.07, 6.45) is -0.434. The van der Waals surface area contributed by atoms with E-state index in [1.54, 1.807) is 0 Å². The molecule has 1 aliphatic heterocycles. The van der Waals surface area contributed by atoms with Gasteiger partial charge in [-0.3, -0.25) is 4.79 Å². The fraction of sp³-hybridized carbons (Fsp3) is 0.857. The van der Waals surface area contributed by atoms with Gasteiger partial charge in [-0.1, -0.05) is 0 Å². The van der Waals surface area contributed by atoms with Gasteiger partial charge in [0.2, 0.25) is 0 Å². The van der Waals surface area contributed by atoms with Crippen molar-refractivity contribution in [3.8, 4) is 0 Å². The maximum absolute atomic E-state index is 10.2. The quantitative estimate of drug-likeness (QED) is 0.608. The van der Waals surface area contributed by atoms with Crippen molar-refractivity contribution in [2.24, 2.45) is 0 Å². The zero-order valence-corrected chi connectivity index (χ0v) is 6.60. The first-order chi connectivity index (χ1) is 5.72. The average molecular weight is 176 g/mol. The highest BCUT2D eigenvalue weighted by molar-refractivity contribution is 5.67. The molecular weight excluding hydrogens is 164 g/mol. The lowest BCUT2D eigenvalue weighted by atomic mass is 10.3. The third-order valence-electron chi connectivity index (χ3n) is 1.58. The Morgan fingerprint density at radius 3 is 2.92 bits per heavy atom. The summed E-state index contributed by atoms with van der Waals surface area (Å²) < 4.78 is 10.2. The lowest BCUT2D eigenvalue weighted by Gasteiger charge is -2.07. The summed E-state index contributed by atoms with van der Waals surface area (Å²) in [5.74, 6) is -0.895. The van der Waals surface area contributed by atoms with E-state index in [1.807, 2.05) is 0 Å². The molecular formula is C7H12O5. The van der Waals surface area contributed by atoms with Crippen LogP contribution in [0, 0.1) is 0 Å². The molecule has 0 radical (unpaired) electrons. The van der Waals surface area contributed by atoms with Crippen LogP contribution in [-0.4, -0.2) is 41.8 Å². The molecule has 0 aromatic heterocycles. The first kappa shape index (κ1) is 9.44. The predicted molar refractivity (Wildman–Crippen MR) is 38.6 cm³/mol. The van der Waals surface area contributed by atoms with Crippen LogP contribution in [0.15, 0.2) is 0 Å². The monoisotopic (exact) mass is 176 g/mol. The summed E-state index contributed by atoms with van der Waals surface area (Å²) in [4.78, 5) is 10.2. The number of carboxylic acid groups (broad SMARTS) is 1. The van der Waals surface area contributed by atoms with Crippen LogP contribution < -0.4 is 0 Å². The van der Waals surface area contributed by atoms with Gasteiger partial charge in [-0.05, 0) is 0 Å². The number of aliphatic hydroxyl groups excluding tert-OH is 1. The summed E-state index contributed by atoms with van der Waals surface area (Å²) in [7, 11) is 0. The molecule has 2 unspecified atom stereocenters. The Balaban J connectivity index is 2.21. The minimum atomic E-state index is -0.895. The van der Waals surface area contributed by atoms with Crippen LogP contribution >= 0.6 is 0 Å². The van der Waals surface area contributed by atoms with Crippen molar-refractivity contribution in [3.05, 3.63) is 0 Å². The molecule has 0 aliphatic carbocycles. The third kappa shape index (κ3) is 2.77. The van der Waals surface area contributed by atoms with Crippen molar-refractivity contribution >= 4 is 5.97 Å². The van der Waals surface area contributed by atoms with Gasteiger partial charge in [-0.2, -0.15) is 0 Å². The Hall–Kier alpha value is -0.650. The van der Waals surface area contributed by atoms with Crippen molar-refractivity contribution in [2.75, 3.05) is 13.2 Å². The van der Waals surface area contributed by atoms with E-state index in [0.29, 0.717) is 13.0 Å². The van der Waals surface area contributed by atoms with E-state index in [2.05, 4.69) is 0 Å². The largest absolute Gasteiger partial charge is 0.481 e. The van der Waals surface area contributed by atoms with Gasteiger partial charge >= 0.3 is 5.97 Å². The summed E-state index contributed by atoms with van der Waals surface area (Å²) >= 11 is 0. The maximum Gasteiger partial charge on any atom is 0.306 e. The molecule has 2 N–H and O–H groups in total. The number of aliphatic hydroxyl groups is 1. The molecule has 2 atom stereocenters. The Labute approximate surface area is 69.9 Å². The van der Waals surface area contributed by atoms with E-state index in [-0.39, 0.29) is 19.1 Å². The molecule has 12 heavy (non-hydrogen) atoms. The third-order valence-corrected chi connectivity index (χ3v) is 1.58. The second-order valence-electron chi connectivity index (χ2n) is 2.63. The van der Waals surface area contributed by atoms with Gasteiger partial charge in [-0.25, -0.2) is 0 Å². The molecule has 1 fully saturated rings. The first-order valence-electron chi connectivity index (χ1n) is 3.82. The number of carboxylic acids is 1. The number of hydrogen-bond donors (Lipinski definition) is 2. The number of carbonyl (C=O) groups is 1. The number of hydrogen-bond acceptors (Lipinski definition) is 4. The lowest BCUT2D eigenvalue weighted by molar-refractivity contribution is -0.140. The van der Waals surface area contributed by atoms with Crippen LogP contribution in [0.5, 0.6) is 0 Å². The molecule has 0 aromatic carbocycles. The van der Waals surface area contributed by atoms with Crippen molar-refractivity contribution in [1.82, 2.24) is 0 Å². The molecule has 1 saturated heterocycles. The predicted octanol–water partition coefficient (Wildman–Crippen LogP) is -0.415. The normalized spacial score (nSPS) is 29.1. The van der Waals surface area contributed by atoms with Crippen molar-refractivity contribution in [1.29, 1.82) is 0 Å². The van der Waals surface area contributed by atoms with Gasteiger partial charge in [0.05, 0.1) is 19.1 Å². The fourth-order valence-corrected chi connectivity index (χ4v) is 1.07. The number of aliphatic carboxylic acids is 1. The van der Waals surface area contributed by atoms with Gasteiger partial charge in [0.1, 0.15) is 0 Å². The molecule has 1 rings (SSSR count). The highest BCUT2D eigenvalue weighted by Gasteiger charge is 2.26. The van der Waals surface area contributed by atoms with E-state index in [9.17, 15) is 4.79 Å². The summed E-state index contributed by atoms with van der Waals surface area (Å²) in [5, 5.41) is 16.9. The van der Waals surface area contributed by atoms with Crippen LogP contribution in [0.2, 0.25) is 0 Å². The standard InChI is InChI=1S/C7H12O5/c8-2-1-7-11-4-5(12-7)3-6(9)10/h5,7-8H,1-4H2,(H,9,10). The van der Waals surface area contributed by atoms with Crippen LogP contribution in [0.4, 0.5) is 0 Å². The Morgan fingerprint density at radius 2 is 2.33 bits per heavy atom. The molecule has 0 saturated carbocycles. The van der Waals surface area contributed by atoms with E-state index >= 15 is 0 Å². The lowest BCUT2D eigenvalue weighted by Crippen LogP contribution is -2.17. The molecule has 70 valence electrons. The average Bonchev–Trinajstić information content (AvgIpc) is 2.36. The Kier molecular flexibility index (Phi) is 3.46. The molecule has 1 aliphatic rings. The van der Waals surface area contributed by atoms with E-state index in [1.165, 1.54) is 0 Å². The van der Waals surface area contributed by atoms with Gasteiger partial charge in [-0.15, -0.1) is 0 Å². The van der Waals surface area contributed by atoms with Crippen molar-refractivity contribution < 1.29 is 24.5 Å². The minimum absolute atomic E-state index is 0.00947. The smallest absolute Gasteiger partial charge is 0.306 e. The zero-order valence-electron chi connectivity index (χ0n) is 6.60. The van der Waals surface area contributed by atoms with Gasteiger partial charge in [0, 0.05) is 13.0 Å². The first-order valence-corrected chi connectivity index (χ1v) is 3.82. The van der Waals surface area contributed by atoms with Crippen LogP contribution in [-0.2, 0) is 14.3 Å². The van der Waals surface area contributed by atoms with Crippen molar-refractivity contribution in [2.45, 2.75) is 25.2 Å². The molecule has 0 bridgehead atoms. The molecule has 5 nitrogen and oxygen atoms in total. The van der Waals surface area contributed by atoms with E-state index < -0.39 is 12.3 Å².